The molecule has 2 amide bonds. The Morgan fingerprint density at radius 3 is 2.60 bits per heavy atom. The van der Waals surface area contributed by atoms with Gasteiger partial charge in [-0.25, -0.2) is 5.43 Å². The number of carbonyl (C=O) groups is 2. The Balaban J connectivity index is 1.77. The van der Waals surface area contributed by atoms with Gasteiger partial charge in [0.15, 0.2) is 0 Å². The Kier molecular flexibility index (Phi) is 6.54. The quantitative estimate of drug-likeness (QED) is 0.546. The average molecular weight is 360 g/mol. The number of benzene rings is 2. The van der Waals surface area contributed by atoms with E-state index in [9.17, 15) is 14.7 Å². The zero-order valence-corrected chi connectivity index (χ0v) is 14.4. The predicted molar refractivity (Wildman–Crippen MR) is 97.9 cm³/mol. The fourth-order valence-corrected chi connectivity index (χ4v) is 2.26. The molecule has 0 saturated heterocycles. The fourth-order valence-electron chi connectivity index (χ4n) is 2.03. The number of hydrogen-bond donors (Lipinski definition) is 3. The van der Waals surface area contributed by atoms with Crippen LogP contribution < -0.4 is 10.7 Å². The van der Waals surface area contributed by atoms with E-state index in [0.717, 1.165) is 5.56 Å². The van der Waals surface area contributed by atoms with Gasteiger partial charge in [-0.1, -0.05) is 23.7 Å². The first-order valence-corrected chi connectivity index (χ1v) is 7.99. The summed E-state index contributed by atoms with van der Waals surface area (Å²) in [6, 6.07) is 11.8. The maximum absolute atomic E-state index is 11.9. The molecule has 0 aliphatic rings. The number of carbonyl (C=O) groups excluding carboxylic acids is 2. The minimum Gasteiger partial charge on any atom is -0.507 e. The van der Waals surface area contributed by atoms with Crippen molar-refractivity contribution in [2.24, 2.45) is 5.10 Å². The normalized spacial score (nSPS) is 10.6. The summed E-state index contributed by atoms with van der Waals surface area (Å²) >= 11 is 5.86. The molecule has 0 aromatic heterocycles. The lowest BCUT2D eigenvalue weighted by molar-refractivity contribution is -0.124. The number of hydrogen-bond acceptors (Lipinski definition) is 4. The van der Waals surface area contributed by atoms with E-state index in [2.05, 4.69) is 15.8 Å². The molecule has 0 fully saturated rings. The third kappa shape index (κ3) is 5.93. The second-order valence-electron chi connectivity index (χ2n) is 5.36. The van der Waals surface area contributed by atoms with Crippen LogP contribution in [0.2, 0.25) is 5.02 Å². The maximum Gasteiger partial charge on any atom is 0.240 e. The van der Waals surface area contributed by atoms with Crippen LogP contribution in [0.3, 0.4) is 0 Å². The highest BCUT2D eigenvalue weighted by Crippen LogP contribution is 2.19. The molecule has 0 unspecified atom stereocenters. The lowest BCUT2D eigenvalue weighted by atomic mass is 10.2. The van der Waals surface area contributed by atoms with E-state index < -0.39 is 5.91 Å². The standard InChI is InChI=1S/C18H18ClN3O3/c1-12-10-14(19)6-7-15(12)21-17(24)8-9-18(25)22-20-11-13-4-2-3-5-16(13)23/h2-7,10-11,23H,8-9H2,1H3,(H,21,24)(H,22,25)/b20-11+. The summed E-state index contributed by atoms with van der Waals surface area (Å²) in [5, 5.41) is 16.7. The molecule has 0 spiro atoms. The van der Waals surface area contributed by atoms with Gasteiger partial charge in [0.2, 0.25) is 11.8 Å². The van der Waals surface area contributed by atoms with E-state index in [4.69, 9.17) is 11.6 Å². The summed E-state index contributed by atoms with van der Waals surface area (Å²) in [4.78, 5) is 23.6. The second-order valence-corrected chi connectivity index (χ2v) is 5.80. The molecule has 0 radical (unpaired) electrons. The van der Waals surface area contributed by atoms with E-state index >= 15 is 0 Å². The minimum absolute atomic E-state index is 0.00339. The highest BCUT2D eigenvalue weighted by molar-refractivity contribution is 6.30. The molecule has 0 aliphatic carbocycles. The van der Waals surface area contributed by atoms with Gasteiger partial charge < -0.3 is 10.4 Å². The van der Waals surface area contributed by atoms with Crippen LogP contribution in [0, 0.1) is 6.92 Å². The van der Waals surface area contributed by atoms with E-state index in [1.54, 1.807) is 36.4 Å². The van der Waals surface area contributed by atoms with Crippen LogP contribution in [0.1, 0.15) is 24.0 Å². The molecule has 3 N–H and O–H groups in total. The number of amides is 2. The molecular formula is C18H18ClN3O3. The van der Waals surface area contributed by atoms with Gasteiger partial charge in [0.1, 0.15) is 5.75 Å². The molecule has 0 bridgehead atoms. The Morgan fingerprint density at radius 1 is 1.16 bits per heavy atom. The molecule has 0 heterocycles. The van der Waals surface area contributed by atoms with Crippen molar-refractivity contribution in [3.05, 3.63) is 58.6 Å². The first-order chi connectivity index (χ1) is 12.0. The zero-order chi connectivity index (χ0) is 18.2. The summed E-state index contributed by atoms with van der Waals surface area (Å²) in [6.45, 7) is 1.84. The number of hydrazone groups is 1. The monoisotopic (exact) mass is 359 g/mol. The largest absolute Gasteiger partial charge is 0.507 e. The number of aryl methyl sites for hydroxylation is 1. The summed E-state index contributed by atoms with van der Waals surface area (Å²) in [6.07, 6.45) is 1.36. The van der Waals surface area contributed by atoms with Gasteiger partial charge in [-0.3, -0.25) is 9.59 Å². The molecule has 6 nitrogen and oxygen atoms in total. The van der Waals surface area contributed by atoms with Crippen molar-refractivity contribution in [3.8, 4) is 5.75 Å². The number of aromatic hydroxyl groups is 1. The summed E-state index contributed by atoms with van der Waals surface area (Å²) in [7, 11) is 0. The Hall–Kier alpha value is -2.86. The lowest BCUT2D eigenvalue weighted by Crippen LogP contribution is -2.20. The molecule has 2 aromatic carbocycles. The van der Waals surface area contributed by atoms with Crippen LogP contribution >= 0.6 is 11.6 Å². The zero-order valence-electron chi connectivity index (χ0n) is 13.6. The topological polar surface area (TPSA) is 90.8 Å². The first kappa shape index (κ1) is 18.5. The lowest BCUT2D eigenvalue weighted by Gasteiger charge is -2.08. The summed E-state index contributed by atoms with van der Waals surface area (Å²) < 4.78 is 0. The SMILES string of the molecule is Cc1cc(Cl)ccc1NC(=O)CCC(=O)N/N=C/c1ccccc1O. The van der Waals surface area contributed by atoms with E-state index in [-0.39, 0.29) is 24.5 Å². The van der Waals surface area contributed by atoms with Crippen LogP contribution in [0.15, 0.2) is 47.6 Å². The minimum atomic E-state index is -0.394. The second kappa shape index (κ2) is 8.84. The van der Waals surface area contributed by atoms with Gasteiger partial charge >= 0.3 is 0 Å². The third-order valence-electron chi connectivity index (χ3n) is 3.37. The van der Waals surface area contributed by atoms with Gasteiger partial charge in [-0.2, -0.15) is 5.10 Å². The number of halogens is 1. The number of rotatable bonds is 6. The molecule has 2 aromatic rings. The van der Waals surface area contributed by atoms with Crippen molar-refractivity contribution < 1.29 is 14.7 Å². The van der Waals surface area contributed by atoms with Crippen molar-refractivity contribution in [2.45, 2.75) is 19.8 Å². The Labute approximate surface area is 150 Å². The molecule has 7 heteroatoms. The summed E-state index contributed by atoms with van der Waals surface area (Å²) in [5.74, 6) is -0.599. The van der Waals surface area contributed by atoms with Gasteiger partial charge in [0.25, 0.3) is 0 Å². The third-order valence-corrected chi connectivity index (χ3v) is 3.61. The van der Waals surface area contributed by atoms with Crippen LogP contribution in [0.25, 0.3) is 0 Å². The van der Waals surface area contributed by atoms with Gasteiger partial charge in [-0.05, 0) is 42.8 Å². The van der Waals surface area contributed by atoms with Crippen molar-refractivity contribution >= 4 is 35.3 Å². The number of phenolic OH excluding ortho intramolecular Hbond substituents is 1. The number of nitrogens with one attached hydrogen (secondary N) is 2. The maximum atomic E-state index is 11.9. The van der Waals surface area contributed by atoms with E-state index in [1.165, 1.54) is 12.3 Å². The number of anilines is 1. The molecule has 0 aliphatic heterocycles. The Morgan fingerprint density at radius 2 is 1.88 bits per heavy atom. The van der Waals surface area contributed by atoms with Crippen LogP contribution in [0.5, 0.6) is 5.75 Å². The van der Waals surface area contributed by atoms with Crippen molar-refractivity contribution in [2.75, 3.05) is 5.32 Å². The molecule has 0 atom stereocenters. The van der Waals surface area contributed by atoms with Gasteiger partial charge in [0.05, 0.1) is 6.21 Å². The number of phenols is 1. The highest BCUT2D eigenvalue weighted by Gasteiger charge is 2.08. The smallest absolute Gasteiger partial charge is 0.240 e. The van der Waals surface area contributed by atoms with Crippen molar-refractivity contribution in [3.63, 3.8) is 0 Å². The van der Waals surface area contributed by atoms with Crippen LogP contribution in [-0.4, -0.2) is 23.1 Å². The summed E-state index contributed by atoms with van der Waals surface area (Å²) in [5.41, 5.74) is 4.31. The average Bonchev–Trinajstić information content (AvgIpc) is 2.57. The predicted octanol–water partition coefficient (Wildman–Crippen LogP) is 3.22. The van der Waals surface area contributed by atoms with Crippen molar-refractivity contribution in [1.29, 1.82) is 0 Å². The molecule has 130 valence electrons. The molecule has 25 heavy (non-hydrogen) atoms. The first-order valence-electron chi connectivity index (χ1n) is 7.61. The van der Waals surface area contributed by atoms with Crippen molar-refractivity contribution in [1.82, 2.24) is 5.43 Å². The van der Waals surface area contributed by atoms with Crippen LogP contribution in [0.4, 0.5) is 5.69 Å². The molecular weight excluding hydrogens is 342 g/mol. The van der Waals surface area contributed by atoms with Crippen LogP contribution in [-0.2, 0) is 9.59 Å². The number of nitrogens with zero attached hydrogens (tertiary/aromatic N) is 1. The fraction of sp³-hybridized carbons (Fsp3) is 0.167. The highest BCUT2D eigenvalue weighted by atomic mass is 35.5. The molecule has 0 saturated carbocycles. The molecule has 2 rings (SSSR count). The van der Waals surface area contributed by atoms with E-state index in [1.807, 2.05) is 6.92 Å². The van der Waals surface area contributed by atoms with Gasteiger partial charge in [0, 0.05) is 29.1 Å². The van der Waals surface area contributed by atoms with Gasteiger partial charge in [-0.15, -0.1) is 0 Å². The Bertz CT molecular complexity index is 806. The van der Waals surface area contributed by atoms with E-state index in [0.29, 0.717) is 16.3 Å². The number of para-hydroxylation sites is 1.